The van der Waals surface area contributed by atoms with E-state index in [1.807, 2.05) is 24.3 Å². The third-order valence-corrected chi connectivity index (χ3v) is 4.01. The van der Waals surface area contributed by atoms with Crippen molar-refractivity contribution in [3.8, 4) is 0 Å². The fraction of sp³-hybridized carbons (Fsp3) is 0.333. The number of hydrogen-bond acceptors (Lipinski definition) is 4. The highest BCUT2D eigenvalue weighted by Crippen LogP contribution is 2.18. The van der Waals surface area contributed by atoms with Crippen molar-refractivity contribution in [3.05, 3.63) is 59.8 Å². The molecule has 1 aromatic heterocycles. The first kappa shape index (κ1) is 15.5. The number of nitrogens with zero attached hydrogens (tertiary/aromatic N) is 2. The summed E-state index contributed by atoms with van der Waals surface area (Å²) in [5.74, 6) is -0.293. The number of carbonyl (C=O) groups is 1. The molecule has 1 fully saturated rings. The Morgan fingerprint density at radius 2 is 2.04 bits per heavy atom. The van der Waals surface area contributed by atoms with Gasteiger partial charge in [0, 0.05) is 13.1 Å². The number of aryl methyl sites for hydroxylation is 1. The van der Waals surface area contributed by atoms with Gasteiger partial charge in [0.15, 0.2) is 5.69 Å². The number of carboxylic acids is 1. The van der Waals surface area contributed by atoms with Crippen molar-refractivity contribution < 1.29 is 14.6 Å². The van der Waals surface area contributed by atoms with Crippen molar-refractivity contribution in [3.63, 3.8) is 0 Å². The van der Waals surface area contributed by atoms with Crippen LogP contribution in [0.2, 0.25) is 0 Å². The summed E-state index contributed by atoms with van der Waals surface area (Å²) in [4.78, 5) is 17.4. The SMILES string of the molecule is O=C(O)c1cccc(N2CCOC(CCc3ccccc3)C2)n1. The topological polar surface area (TPSA) is 62.7 Å². The molecule has 5 nitrogen and oxygen atoms in total. The van der Waals surface area contributed by atoms with E-state index in [2.05, 4.69) is 22.0 Å². The molecule has 0 aliphatic carbocycles. The van der Waals surface area contributed by atoms with Gasteiger partial charge in [-0.2, -0.15) is 0 Å². The number of ether oxygens (including phenoxy) is 1. The first-order chi connectivity index (χ1) is 11.2. The van der Waals surface area contributed by atoms with E-state index in [4.69, 9.17) is 9.84 Å². The Morgan fingerprint density at radius 3 is 2.83 bits per heavy atom. The molecule has 1 atom stereocenters. The zero-order valence-electron chi connectivity index (χ0n) is 12.9. The fourth-order valence-electron chi connectivity index (χ4n) is 2.79. The maximum Gasteiger partial charge on any atom is 0.354 e. The molecule has 1 aromatic carbocycles. The van der Waals surface area contributed by atoms with Crippen molar-refractivity contribution in [2.45, 2.75) is 18.9 Å². The van der Waals surface area contributed by atoms with Crippen molar-refractivity contribution in [1.29, 1.82) is 0 Å². The molecule has 1 saturated heterocycles. The number of carboxylic acid groups (broad SMARTS) is 1. The van der Waals surface area contributed by atoms with E-state index in [0.29, 0.717) is 12.4 Å². The monoisotopic (exact) mass is 312 g/mol. The second-order valence-corrected chi connectivity index (χ2v) is 5.65. The standard InChI is InChI=1S/C18H20N2O3/c21-18(22)16-7-4-8-17(19-16)20-11-12-23-15(13-20)10-9-14-5-2-1-3-6-14/h1-8,15H,9-13H2,(H,21,22). The van der Waals surface area contributed by atoms with E-state index in [9.17, 15) is 4.79 Å². The van der Waals surface area contributed by atoms with Crippen LogP contribution in [0.1, 0.15) is 22.5 Å². The summed E-state index contributed by atoms with van der Waals surface area (Å²) in [5.41, 5.74) is 1.38. The number of hydrogen-bond donors (Lipinski definition) is 1. The Bertz CT molecular complexity index is 660. The van der Waals surface area contributed by atoms with Crippen molar-refractivity contribution in [2.75, 3.05) is 24.6 Å². The van der Waals surface area contributed by atoms with Gasteiger partial charge in [-0.15, -0.1) is 0 Å². The van der Waals surface area contributed by atoms with Crippen LogP contribution >= 0.6 is 0 Å². The van der Waals surface area contributed by atoms with E-state index in [-0.39, 0.29) is 11.8 Å². The molecular formula is C18H20N2O3. The summed E-state index contributed by atoms with van der Waals surface area (Å²) in [6, 6.07) is 15.5. The van der Waals surface area contributed by atoms with Crippen LogP contribution in [0, 0.1) is 0 Å². The largest absolute Gasteiger partial charge is 0.477 e. The zero-order chi connectivity index (χ0) is 16.1. The van der Waals surface area contributed by atoms with Gasteiger partial charge in [-0.3, -0.25) is 0 Å². The second-order valence-electron chi connectivity index (χ2n) is 5.65. The Morgan fingerprint density at radius 1 is 1.22 bits per heavy atom. The predicted molar refractivity (Wildman–Crippen MR) is 87.9 cm³/mol. The molecule has 1 N–H and O–H groups in total. The molecule has 0 amide bonds. The normalized spacial score (nSPS) is 17.9. The van der Waals surface area contributed by atoms with Crippen LogP contribution in [0.3, 0.4) is 0 Å². The van der Waals surface area contributed by atoms with Crippen molar-refractivity contribution >= 4 is 11.8 Å². The third-order valence-electron chi connectivity index (χ3n) is 4.01. The smallest absolute Gasteiger partial charge is 0.354 e. The molecule has 23 heavy (non-hydrogen) atoms. The molecule has 5 heteroatoms. The third kappa shape index (κ3) is 4.07. The highest BCUT2D eigenvalue weighted by atomic mass is 16.5. The van der Waals surface area contributed by atoms with Gasteiger partial charge in [-0.1, -0.05) is 36.4 Å². The summed E-state index contributed by atoms with van der Waals surface area (Å²) in [5, 5.41) is 9.06. The highest BCUT2D eigenvalue weighted by molar-refractivity contribution is 5.85. The number of morpholine rings is 1. The number of pyridine rings is 1. The minimum atomic E-state index is -0.999. The highest BCUT2D eigenvalue weighted by Gasteiger charge is 2.22. The first-order valence-corrected chi connectivity index (χ1v) is 7.83. The summed E-state index contributed by atoms with van der Waals surface area (Å²) < 4.78 is 5.84. The lowest BCUT2D eigenvalue weighted by atomic mass is 10.1. The Kier molecular flexibility index (Phi) is 4.88. The molecule has 0 bridgehead atoms. The predicted octanol–water partition coefficient (Wildman–Crippen LogP) is 2.62. The van der Waals surface area contributed by atoms with Crippen molar-refractivity contribution in [2.24, 2.45) is 0 Å². The summed E-state index contributed by atoms with van der Waals surface area (Å²) in [7, 11) is 0. The average Bonchev–Trinajstić information content (AvgIpc) is 2.61. The number of rotatable bonds is 5. The first-order valence-electron chi connectivity index (χ1n) is 7.83. The van der Waals surface area contributed by atoms with Gasteiger partial charge in [0.05, 0.1) is 12.7 Å². The second kappa shape index (κ2) is 7.24. The molecule has 0 saturated carbocycles. The number of aromatic carboxylic acids is 1. The van der Waals surface area contributed by atoms with E-state index < -0.39 is 5.97 Å². The van der Waals surface area contributed by atoms with Crippen LogP contribution in [0.5, 0.6) is 0 Å². The number of aromatic nitrogens is 1. The van der Waals surface area contributed by atoms with E-state index in [0.717, 1.165) is 25.9 Å². The summed E-state index contributed by atoms with van der Waals surface area (Å²) in [6.07, 6.45) is 2.06. The Hall–Kier alpha value is -2.40. The van der Waals surface area contributed by atoms with Crippen LogP contribution in [0.15, 0.2) is 48.5 Å². The minimum Gasteiger partial charge on any atom is -0.477 e. The van der Waals surface area contributed by atoms with Crippen LogP contribution in [0.25, 0.3) is 0 Å². The number of benzene rings is 1. The van der Waals surface area contributed by atoms with Gasteiger partial charge in [0.2, 0.25) is 0 Å². The van der Waals surface area contributed by atoms with Crippen LogP contribution < -0.4 is 4.90 Å². The van der Waals surface area contributed by atoms with Crippen LogP contribution in [-0.2, 0) is 11.2 Å². The van der Waals surface area contributed by atoms with Gasteiger partial charge < -0.3 is 14.7 Å². The zero-order valence-corrected chi connectivity index (χ0v) is 12.9. The van der Waals surface area contributed by atoms with Gasteiger partial charge in [0.1, 0.15) is 5.82 Å². The Balaban J connectivity index is 1.62. The number of anilines is 1. The average molecular weight is 312 g/mol. The molecular weight excluding hydrogens is 292 g/mol. The lowest BCUT2D eigenvalue weighted by Crippen LogP contribution is -2.43. The van der Waals surface area contributed by atoms with Gasteiger partial charge >= 0.3 is 5.97 Å². The van der Waals surface area contributed by atoms with E-state index >= 15 is 0 Å². The summed E-state index contributed by atoms with van der Waals surface area (Å²) in [6.45, 7) is 2.11. The lowest BCUT2D eigenvalue weighted by molar-refractivity contribution is 0.0352. The van der Waals surface area contributed by atoms with Gasteiger partial charge in [0.25, 0.3) is 0 Å². The quantitative estimate of drug-likeness (QED) is 0.919. The fourth-order valence-corrected chi connectivity index (χ4v) is 2.79. The van der Waals surface area contributed by atoms with Crippen molar-refractivity contribution in [1.82, 2.24) is 4.98 Å². The van der Waals surface area contributed by atoms with Gasteiger partial charge in [-0.25, -0.2) is 9.78 Å². The maximum atomic E-state index is 11.1. The van der Waals surface area contributed by atoms with Crippen LogP contribution in [-0.4, -0.2) is 41.9 Å². The molecule has 2 heterocycles. The molecule has 120 valence electrons. The maximum absolute atomic E-state index is 11.1. The van der Waals surface area contributed by atoms with E-state index in [1.54, 1.807) is 6.07 Å². The molecule has 1 aliphatic rings. The van der Waals surface area contributed by atoms with Crippen LogP contribution in [0.4, 0.5) is 5.82 Å². The molecule has 0 spiro atoms. The Labute approximate surface area is 135 Å². The molecule has 1 aliphatic heterocycles. The molecule has 2 aromatic rings. The molecule has 3 rings (SSSR count). The summed E-state index contributed by atoms with van der Waals surface area (Å²) >= 11 is 0. The molecule has 0 radical (unpaired) electrons. The minimum absolute atomic E-state index is 0.0785. The van der Waals surface area contributed by atoms with E-state index in [1.165, 1.54) is 11.6 Å². The van der Waals surface area contributed by atoms with Gasteiger partial charge in [-0.05, 0) is 30.5 Å². The molecule has 1 unspecified atom stereocenters. The lowest BCUT2D eigenvalue weighted by Gasteiger charge is -2.34.